The third-order valence-corrected chi connectivity index (χ3v) is 7.02. The molecule has 18 heteroatoms. The van der Waals surface area contributed by atoms with E-state index in [0.29, 0.717) is 5.56 Å². The van der Waals surface area contributed by atoms with Gasteiger partial charge in [-0.15, -0.1) is 5.01 Å². The van der Waals surface area contributed by atoms with Gasteiger partial charge in [0, 0.05) is 5.56 Å². The van der Waals surface area contributed by atoms with E-state index in [9.17, 15) is 36.4 Å². The average Bonchev–Trinajstić information content (AvgIpc) is 3.40. The highest BCUT2D eigenvalue weighted by Crippen LogP contribution is 2.33. The van der Waals surface area contributed by atoms with Gasteiger partial charge in [-0.05, 0) is 51.1 Å². The quantitative estimate of drug-likeness (QED) is 0.0820. The molecule has 0 atom stereocenters. The standard InChI is InChI=1S/C25H27F3N6O8S/c1-16(2)32(34(37)31-42-15-41-24(36)40-4)14-23(35)30-43(38,39)20-11-9-19(10-12-20)33-21(13-22(29-33)25(26,27)28)18-7-5-17(3)6-8-18/h5-13,16H,14-15H2,1-4H3,(H,30,35). The van der Waals surface area contributed by atoms with Crippen molar-refractivity contribution in [3.8, 4) is 16.9 Å². The van der Waals surface area contributed by atoms with Crippen molar-refractivity contribution in [1.82, 2.24) is 19.5 Å². The highest BCUT2D eigenvalue weighted by atomic mass is 32.2. The number of hydrogen-bond acceptors (Lipinski definition) is 10. The maximum Gasteiger partial charge on any atom is 0.510 e. The first kappa shape index (κ1) is 32.6. The molecule has 0 spiro atoms. The second kappa shape index (κ2) is 13.4. The molecule has 0 saturated carbocycles. The van der Waals surface area contributed by atoms with E-state index >= 15 is 0 Å². The van der Waals surface area contributed by atoms with Crippen LogP contribution in [0.4, 0.5) is 18.0 Å². The van der Waals surface area contributed by atoms with E-state index in [1.165, 1.54) is 26.0 Å². The van der Waals surface area contributed by atoms with Crippen molar-refractivity contribution in [3.63, 3.8) is 0 Å². The summed E-state index contributed by atoms with van der Waals surface area (Å²) in [5, 5.41) is 19.8. The van der Waals surface area contributed by atoms with Gasteiger partial charge in [-0.25, -0.2) is 22.6 Å². The normalized spacial score (nSPS) is 12.1. The molecule has 0 saturated heterocycles. The van der Waals surface area contributed by atoms with Crippen LogP contribution in [0.15, 0.2) is 64.8 Å². The van der Waals surface area contributed by atoms with Crippen molar-refractivity contribution >= 4 is 22.1 Å². The summed E-state index contributed by atoms with van der Waals surface area (Å²) < 4.78 is 77.6. The second-order valence-corrected chi connectivity index (χ2v) is 10.8. The Balaban J connectivity index is 1.78. The number of hydrazine groups is 1. The first-order chi connectivity index (χ1) is 20.1. The lowest BCUT2D eigenvalue weighted by Crippen LogP contribution is -2.45. The first-order valence-corrected chi connectivity index (χ1v) is 13.8. The lowest BCUT2D eigenvalue weighted by atomic mass is 10.1. The molecular formula is C25H27F3N6O8S. The summed E-state index contributed by atoms with van der Waals surface area (Å²) in [6.07, 6.45) is -5.81. The molecular weight excluding hydrogens is 601 g/mol. The summed E-state index contributed by atoms with van der Waals surface area (Å²) in [4.78, 5) is 27.4. The van der Waals surface area contributed by atoms with E-state index in [2.05, 4.69) is 24.7 Å². The van der Waals surface area contributed by atoms with Crippen LogP contribution in [0.2, 0.25) is 0 Å². The molecule has 232 valence electrons. The molecule has 0 aliphatic heterocycles. The molecule has 3 rings (SSSR count). The van der Waals surface area contributed by atoms with Crippen LogP contribution in [0.5, 0.6) is 0 Å². The predicted molar refractivity (Wildman–Crippen MR) is 141 cm³/mol. The molecule has 0 aliphatic carbocycles. The van der Waals surface area contributed by atoms with Gasteiger partial charge in [-0.2, -0.15) is 18.3 Å². The molecule has 0 radical (unpaired) electrons. The van der Waals surface area contributed by atoms with Crippen LogP contribution in [0.3, 0.4) is 0 Å². The molecule has 1 heterocycles. The Morgan fingerprint density at radius 1 is 1.14 bits per heavy atom. The summed E-state index contributed by atoms with van der Waals surface area (Å²) in [5.41, 5.74) is 0.463. The number of halogens is 3. The molecule has 0 unspecified atom stereocenters. The monoisotopic (exact) mass is 628 g/mol. The lowest BCUT2D eigenvalue weighted by Gasteiger charge is -2.21. The van der Waals surface area contributed by atoms with Gasteiger partial charge in [0.25, 0.3) is 22.7 Å². The number of aromatic nitrogens is 2. The van der Waals surface area contributed by atoms with Gasteiger partial charge in [-0.3, -0.25) is 4.79 Å². The molecule has 0 fully saturated rings. The number of rotatable bonds is 11. The van der Waals surface area contributed by atoms with Gasteiger partial charge >= 0.3 is 12.3 Å². The lowest BCUT2D eigenvalue weighted by molar-refractivity contribution is -0.715. The fourth-order valence-electron chi connectivity index (χ4n) is 3.49. The molecule has 3 aromatic rings. The van der Waals surface area contributed by atoms with Crippen molar-refractivity contribution in [1.29, 1.82) is 0 Å². The van der Waals surface area contributed by atoms with Gasteiger partial charge in [0.2, 0.25) is 5.28 Å². The van der Waals surface area contributed by atoms with E-state index in [0.717, 1.165) is 40.6 Å². The fraction of sp³-hybridized carbons (Fsp3) is 0.320. The van der Waals surface area contributed by atoms with E-state index in [1.807, 2.05) is 11.6 Å². The number of carbonyl (C=O) groups is 2. The van der Waals surface area contributed by atoms with Gasteiger partial charge in [0.1, 0.15) is 0 Å². The highest BCUT2D eigenvalue weighted by Gasteiger charge is 2.35. The number of ether oxygens (including phenoxy) is 2. The number of hydrogen-bond donors (Lipinski definition) is 1. The second-order valence-electron chi connectivity index (χ2n) is 9.08. The smallest absolute Gasteiger partial charge is 0.510 e. The third-order valence-electron chi connectivity index (χ3n) is 5.63. The minimum Gasteiger partial charge on any atom is -0.569 e. The molecule has 1 aromatic heterocycles. The summed E-state index contributed by atoms with van der Waals surface area (Å²) >= 11 is 0. The first-order valence-electron chi connectivity index (χ1n) is 12.3. The number of methoxy groups -OCH3 is 1. The number of carbonyl (C=O) groups excluding carboxylic acids is 2. The van der Waals surface area contributed by atoms with E-state index in [1.54, 1.807) is 24.3 Å². The predicted octanol–water partition coefficient (Wildman–Crippen LogP) is 3.93. The number of nitrogens with one attached hydrogen (secondary N) is 1. The fourth-order valence-corrected chi connectivity index (χ4v) is 4.47. The summed E-state index contributed by atoms with van der Waals surface area (Å²) in [5.74, 6) is -1.11. The minimum atomic E-state index is -4.72. The van der Waals surface area contributed by atoms with Gasteiger partial charge in [0.15, 0.2) is 12.2 Å². The van der Waals surface area contributed by atoms with Crippen molar-refractivity contribution in [2.24, 2.45) is 5.28 Å². The molecule has 1 N–H and O–H groups in total. The number of aryl methyl sites for hydroxylation is 1. The Morgan fingerprint density at radius 3 is 2.33 bits per heavy atom. The average molecular weight is 629 g/mol. The van der Waals surface area contributed by atoms with Crippen LogP contribution >= 0.6 is 0 Å². The van der Waals surface area contributed by atoms with Crippen LogP contribution in [-0.4, -0.2) is 66.7 Å². The molecule has 14 nitrogen and oxygen atoms in total. The van der Waals surface area contributed by atoms with Crippen molar-refractivity contribution in [3.05, 3.63) is 71.1 Å². The number of amides is 1. The molecule has 43 heavy (non-hydrogen) atoms. The third kappa shape index (κ3) is 8.57. The Labute approximate surface area is 243 Å². The Morgan fingerprint density at radius 2 is 1.77 bits per heavy atom. The topological polar surface area (TPSA) is 167 Å². The molecule has 0 aliphatic rings. The SMILES string of the molecule is COC(=O)OCON=[N+]([O-])N(CC(=O)NS(=O)(=O)c1ccc(-n2nc(C(F)(F)F)cc2-c2ccc(C)cc2)cc1)C(C)C. The zero-order valence-corrected chi connectivity index (χ0v) is 24.0. The maximum atomic E-state index is 13.5. The number of benzene rings is 2. The Bertz CT molecular complexity index is 1570. The summed E-state index contributed by atoms with van der Waals surface area (Å²) in [6, 6.07) is 11.6. The Hall–Kier alpha value is -4.87. The summed E-state index contributed by atoms with van der Waals surface area (Å²) in [6.45, 7) is 3.31. The van der Waals surface area contributed by atoms with Gasteiger partial charge in [-0.1, -0.05) is 29.8 Å². The minimum absolute atomic E-state index is 0.124. The zero-order valence-electron chi connectivity index (χ0n) is 23.2. The van der Waals surface area contributed by atoms with E-state index in [-0.39, 0.29) is 21.2 Å². The van der Waals surface area contributed by atoms with Crippen molar-refractivity contribution in [2.45, 2.75) is 37.9 Å². The van der Waals surface area contributed by atoms with Crippen LogP contribution in [0.25, 0.3) is 16.9 Å². The zero-order chi connectivity index (χ0) is 31.9. The molecule has 2 aromatic carbocycles. The maximum absolute atomic E-state index is 13.5. The number of alkyl halides is 3. The van der Waals surface area contributed by atoms with Crippen LogP contribution in [-0.2, 0) is 35.3 Å². The van der Waals surface area contributed by atoms with Crippen LogP contribution in [0, 0.1) is 12.1 Å². The summed E-state index contributed by atoms with van der Waals surface area (Å²) in [7, 11) is -3.41. The van der Waals surface area contributed by atoms with Crippen LogP contribution in [0.1, 0.15) is 25.1 Å². The van der Waals surface area contributed by atoms with Gasteiger partial charge in [0.05, 0.1) is 34.4 Å². The number of sulfonamides is 1. The highest BCUT2D eigenvalue weighted by molar-refractivity contribution is 7.90. The number of nitrogens with zero attached hydrogens (tertiary/aromatic N) is 5. The van der Waals surface area contributed by atoms with Gasteiger partial charge < -0.3 is 19.5 Å². The van der Waals surface area contributed by atoms with Crippen molar-refractivity contribution in [2.75, 3.05) is 20.4 Å². The van der Waals surface area contributed by atoms with Crippen molar-refractivity contribution < 1.29 is 50.5 Å². The largest absolute Gasteiger partial charge is 0.569 e. The van der Waals surface area contributed by atoms with Crippen LogP contribution < -0.4 is 4.72 Å². The van der Waals surface area contributed by atoms with E-state index in [4.69, 9.17) is 0 Å². The van der Waals surface area contributed by atoms with E-state index < -0.39 is 53.3 Å². The molecule has 1 amide bonds. The Kier molecular flexibility index (Phi) is 10.2. The molecule has 0 bridgehead atoms.